The molecule has 0 bridgehead atoms. The topological polar surface area (TPSA) is 81.5 Å². The molecule has 1 unspecified atom stereocenters. The number of morpholine rings is 1. The second-order valence-electron chi connectivity index (χ2n) is 9.51. The van der Waals surface area contributed by atoms with E-state index in [0.29, 0.717) is 67.5 Å². The van der Waals surface area contributed by atoms with Crippen LogP contribution in [0.1, 0.15) is 54.4 Å². The summed E-state index contributed by atoms with van der Waals surface area (Å²) in [6, 6.07) is 10.4. The monoisotopic (exact) mass is 584 g/mol. The summed E-state index contributed by atoms with van der Waals surface area (Å²) in [6.07, 6.45) is 1.97. The van der Waals surface area contributed by atoms with Crippen molar-refractivity contribution in [2.45, 2.75) is 32.7 Å². The lowest BCUT2D eigenvalue weighted by molar-refractivity contribution is 0.0314. The van der Waals surface area contributed by atoms with Gasteiger partial charge in [-0.3, -0.25) is 14.5 Å². The first-order chi connectivity index (χ1) is 18.5. The maximum atomic E-state index is 13.9. The summed E-state index contributed by atoms with van der Waals surface area (Å²) in [7, 11) is 0. The Balaban J connectivity index is 1.58. The Morgan fingerprint density at radius 1 is 1.00 bits per heavy atom. The summed E-state index contributed by atoms with van der Waals surface area (Å²) >= 11 is 3.46. The molecule has 0 aliphatic carbocycles. The second kappa shape index (κ2) is 11.9. The van der Waals surface area contributed by atoms with Crippen LogP contribution in [0.4, 0.5) is 0 Å². The number of ether oxygens (including phenoxy) is 3. The van der Waals surface area contributed by atoms with E-state index in [1.165, 1.54) is 0 Å². The van der Waals surface area contributed by atoms with E-state index in [0.717, 1.165) is 36.0 Å². The van der Waals surface area contributed by atoms with E-state index in [1.54, 1.807) is 23.1 Å². The van der Waals surface area contributed by atoms with Crippen LogP contribution in [-0.2, 0) is 4.74 Å². The van der Waals surface area contributed by atoms with Gasteiger partial charge in [-0.1, -0.05) is 35.3 Å². The van der Waals surface area contributed by atoms with Crippen LogP contribution in [0, 0.1) is 0 Å². The predicted molar refractivity (Wildman–Crippen MR) is 148 cm³/mol. The molecule has 3 heterocycles. The molecular weight excluding hydrogens is 552 g/mol. The van der Waals surface area contributed by atoms with Crippen molar-refractivity contribution in [1.82, 2.24) is 9.80 Å². The van der Waals surface area contributed by atoms with Gasteiger partial charge >= 0.3 is 0 Å². The minimum Gasteiger partial charge on any atom is -0.490 e. The van der Waals surface area contributed by atoms with Gasteiger partial charge in [0.1, 0.15) is 5.58 Å². The first-order valence-corrected chi connectivity index (χ1v) is 14.1. The summed E-state index contributed by atoms with van der Waals surface area (Å²) in [4.78, 5) is 31.6. The molecule has 0 spiro atoms. The number of hydrogen-bond donors (Lipinski definition) is 0. The van der Waals surface area contributed by atoms with Gasteiger partial charge in [0.25, 0.3) is 5.91 Å². The molecule has 0 saturated carbocycles. The molecule has 2 aliphatic rings. The maximum Gasteiger partial charge on any atom is 0.290 e. The van der Waals surface area contributed by atoms with Crippen LogP contribution >= 0.6 is 15.9 Å². The molecule has 1 aromatic heterocycles. The fraction of sp³-hybridized carbons (Fsp3) is 0.448. The van der Waals surface area contributed by atoms with Crippen LogP contribution in [0.3, 0.4) is 0 Å². The fourth-order valence-electron chi connectivity index (χ4n) is 5.05. The predicted octanol–water partition coefficient (Wildman–Crippen LogP) is 5.01. The minimum atomic E-state index is -0.595. The van der Waals surface area contributed by atoms with Gasteiger partial charge < -0.3 is 23.5 Å². The Labute approximate surface area is 230 Å². The number of rotatable bonds is 10. The fourth-order valence-corrected chi connectivity index (χ4v) is 5.41. The van der Waals surface area contributed by atoms with Crippen molar-refractivity contribution in [3.8, 4) is 11.5 Å². The molecule has 0 N–H and O–H groups in total. The molecule has 1 amide bonds. The van der Waals surface area contributed by atoms with Gasteiger partial charge in [0, 0.05) is 30.7 Å². The number of hydrogen-bond acceptors (Lipinski definition) is 7. The molecule has 2 aromatic carbocycles. The lowest BCUT2D eigenvalue weighted by atomic mass is 9.98. The van der Waals surface area contributed by atoms with E-state index < -0.39 is 6.04 Å². The SMILES string of the molecule is CCCCOc1ccc(C2c3c(oc4ccc(Br)cc4c3=O)C(=O)N2CCN2CCOCC2)cc1OCC. The van der Waals surface area contributed by atoms with Crippen LogP contribution in [-0.4, -0.2) is 68.3 Å². The van der Waals surface area contributed by atoms with Gasteiger partial charge in [0.2, 0.25) is 5.76 Å². The van der Waals surface area contributed by atoms with Crippen molar-refractivity contribution < 1.29 is 23.4 Å². The molecule has 1 fully saturated rings. The maximum absolute atomic E-state index is 13.9. The van der Waals surface area contributed by atoms with Crippen molar-refractivity contribution in [2.75, 3.05) is 52.6 Å². The zero-order valence-electron chi connectivity index (χ0n) is 21.8. The molecule has 38 heavy (non-hydrogen) atoms. The third-order valence-corrected chi connectivity index (χ3v) is 7.52. The molecule has 1 atom stereocenters. The van der Waals surface area contributed by atoms with E-state index in [1.807, 2.05) is 25.1 Å². The van der Waals surface area contributed by atoms with E-state index in [4.69, 9.17) is 18.6 Å². The van der Waals surface area contributed by atoms with Gasteiger partial charge in [-0.2, -0.15) is 0 Å². The highest BCUT2D eigenvalue weighted by Gasteiger charge is 2.43. The van der Waals surface area contributed by atoms with Crippen molar-refractivity contribution in [2.24, 2.45) is 0 Å². The van der Waals surface area contributed by atoms with E-state index in [-0.39, 0.29) is 17.1 Å². The lowest BCUT2D eigenvalue weighted by Crippen LogP contribution is -2.42. The number of fused-ring (bicyclic) bond motifs is 2. The standard InChI is InChI=1S/C29H33BrN2O6/c1-3-5-14-37-23-8-6-19(17-24(23)36-4-2)26-25-27(33)21-18-20(30)7-9-22(21)38-28(25)29(34)32(26)11-10-31-12-15-35-16-13-31/h6-9,17-18,26H,3-5,10-16H2,1-2H3. The van der Waals surface area contributed by atoms with Crippen LogP contribution in [0.15, 0.2) is 50.1 Å². The number of carbonyl (C=O) groups is 1. The molecule has 9 heteroatoms. The average molecular weight is 585 g/mol. The van der Waals surface area contributed by atoms with Crippen LogP contribution in [0.25, 0.3) is 11.0 Å². The van der Waals surface area contributed by atoms with Gasteiger partial charge in [0.15, 0.2) is 16.9 Å². The number of amides is 1. The average Bonchev–Trinajstić information content (AvgIpc) is 3.21. The summed E-state index contributed by atoms with van der Waals surface area (Å²) in [5.41, 5.74) is 1.35. The Morgan fingerprint density at radius 3 is 2.58 bits per heavy atom. The molecule has 5 rings (SSSR count). The second-order valence-corrected chi connectivity index (χ2v) is 10.4. The van der Waals surface area contributed by atoms with Crippen molar-refractivity contribution in [3.05, 3.63) is 68.0 Å². The number of carbonyl (C=O) groups excluding carboxylic acids is 1. The molecule has 0 radical (unpaired) electrons. The Kier molecular flexibility index (Phi) is 8.35. The van der Waals surface area contributed by atoms with Gasteiger partial charge in [-0.25, -0.2) is 0 Å². The Morgan fingerprint density at radius 2 is 1.82 bits per heavy atom. The normalized spacial score (nSPS) is 17.7. The first-order valence-electron chi connectivity index (χ1n) is 13.3. The smallest absolute Gasteiger partial charge is 0.290 e. The molecule has 202 valence electrons. The van der Waals surface area contributed by atoms with Gasteiger partial charge in [-0.05, 0) is 49.2 Å². The quantitative estimate of drug-likeness (QED) is 0.310. The van der Waals surface area contributed by atoms with Crippen molar-refractivity contribution >= 4 is 32.8 Å². The highest BCUT2D eigenvalue weighted by Crippen LogP contribution is 2.41. The van der Waals surface area contributed by atoms with Crippen LogP contribution < -0.4 is 14.9 Å². The molecule has 8 nitrogen and oxygen atoms in total. The largest absolute Gasteiger partial charge is 0.490 e. The molecule has 1 saturated heterocycles. The Bertz CT molecular complexity index is 1370. The summed E-state index contributed by atoms with van der Waals surface area (Å²) in [6.45, 7) is 9.20. The third kappa shape index (κ3) is 5.32. The highest BCUT2D eigenvalue weighted by molar-refractivity contribution is 9.10. The molecular formula is C29H33BrN2O6. The van der Waals surface area contributed by atoms with Crippen LogP contribution in [0.5, 0.6) is 11.5 Å². The number of halogens is 1. The summed E-state index contributed by atoms with van der Waals surface area (Å²) < 4.78 is 24.2. The van der Waals surface area contributed by atoms with Crippen molar-refractivity contribution in [3.63, 3.8) is 0 Å². The van der Waals surface area contributed by atoms with Gasteiger partial charge in [0.05, 0.1) is 43.4 Å². The highest BCUT2D eigenvalue weighted by atomic mass is 79.9. The van der Waals surface area contributed by atoms with E-state index in [9.17, 15) is 9.59 Å². The zero-order chi connectivity index (χ0) is 26.6. The molecule has 2 aliphatic heterocycles. The number of nitrogens with zero attached hydrogens (tertiary/aromatic N) is 2. The third-order valence-electron chi connectivity index (χ3n) is 7.03. The number of benzene rings is 2. The van der Waals surface area contributed by atoms with E-state index >= 15 is 0 Å². The van der Waals surface area contributed by atoms with Gasteiger partial charge in [-0.15, -0.1) is 0 Å². The summed E-state index contributed by atoms with van der Waals surface area (Å²) in [5.74, 6) is 1.09. The molecule has 3 aromatic rings. The first kappa shape index (κ1) is 26.7. The van der Waals surface area contributed by atoms with E-state index in [2.05, 4.69) is 27.8 Å². The minimum absolute atomic E-state index is 0.109. The Hall–Kier alpha value is -2.88. The van der Waals surface area contributed by atoms with Crippen LogP contribution in [0.2, 0.25) is 0 Å². The lowest BCUT2D eigenvalue weighted by Gasteiger charge is -2.31. The summed E-state index contributed by atoms with van der Waals surface area (Å²) in [5, 5.41) is 0.440. The van der Waals surface area contributed by atoms with Crippen molar-refractivity contribution in [1.29, 1.82) is 0 Å². The number of unbranched alkanes of at least 4 members (excludes halogenated alkanes) is 1. The zero-order valence-corrected chi connectivity index (χ0v) is 23.4.